The second-order valence-corrected chi connectivity index (χ2v) is 6.23. The van der Waals surface area contributed by atoms with Gasteiger partial charge in [0.2, 0.25) is 0 Å². The van der Waals surface area contributed by atoms with E-state index >= 15 is 0 Å². The number of aromatic nitrogens is 1. The molecule has 23 heavy (non-hydrogen) atoms. The summed E-state index contributed by atoms with van der Waals surface area (Å²) in [5.41, 5.74) is 0.729. The predicted molar refractivity (Wildman–Crippen MR) is 85.0 cm³/mol. The van der Waals surface area contributed by atoms with Crippen molar-refractivity contribution in [3.05, 3.63) is 51.7 Å². The van der Waals surface area contributed by atoms with Crippen molar-refractivity contribution in [2.75, 3.05) is 0 Å². The summed E-state index contributed by atoms with van der Waals surface area (Å²) in [6.45, 7) is 3.15. The van der Waals surface area contributed by atoms with Crippen LogP contribution in [0, 0.1) is 11.7 Å². The summed E-state index contributed by atoms with van der Waals surface area (Å²) in [6, 6.07) is 5.90. The number of aliphatic carboxylic acids is 1. The molecule has 0 saturated carbocycles. The average molecular weight is 336 g/mol. The Bertz CT molecular complexity index is 717. The molecule has 7 heteroatoms. The first kappa shape index (κ1) is 17.1. The fourth-order valence-corrected chi connectivity index (χ4v) is 2.72. The van der Waals surface area contributed by atoms with Crippen LogP contribution >= 0.6 is 11.3 Å². The number of hydrogen-bond donors (Lipinski definition) is 2. The zero-order chi connectivity index (χ0) is 17.0. The molecule has 0 fully saturated rings. The molecular formula is C16H17FN2O3S. The quantitative estimate of drug-likeness (QED) is 0.850. The lowest BCUT2D eigenvalue weighted by atomic mass is 10.0. The first-order valence-electron chi connectivity index (χ1n) is 7.10. The van der Waals surface area contributed by atoms with Gasteiger partial charge in [-0.15, -0.1) is 11.3 Å². The maximum Gasteiger partial charge on any atom is 0.308 e. The zero-order valence-corrected chi connectivity index (χ0v) is 13.6. The number of nitrogens with one attached hydrogen (secondary N) is 1. The molecular weight excluding hydrogens is 319 g/mol. The van der Waals surface area contributed by atoms with E-state index in [-0.39, 0.29) is 11.5 Å². The van der Waals surface area contributed by atoms with Gasteiger partial charge in [0, 0.05) is 17.8 Å². The molecule has 2 aromatic rings. The first-order chi connectivity index (χ1) is 10.9. The highest BCUT2D eigenvalue weighted by molar-refractivity contribution is 7.09. The van der Waals surface area contributed by atoms with Gasteiger partial charge in [-0.25, -0.2) is 9.37 Å². The van der Waals surface area contributed by atoms with Crippen LogP contribution in [0.15, 0.2) is 29.6 Å². The number of carbonyl (C=O) groups excluding carboxylic acids is 1. The van der Waals surface area contributed by atoms with Crippen molar-refractivity contribution in [3.8, 4) is 0 Å². The number of carboxylic acid groups (broad SMARTS) is 1. The van der Waals surface area contributed by atoms with Crippen LogP contribution in [0.5, 0.6) is 0 Å². The summed E-state index contributed by atoms with van der Waals surface area (Å²) in [5.74, 6) is -2.41. The summed E-state index contributed by atoms with van der Waals surface area (Å²) >= 11 is 1.27. The van der Waals surface area contributed by atoms with Crippen LogP contribution in [0.4, 0.5) is 4.39 Å². The third kappa shape index (κ3) is 4.35. The number of nitrogens with zero attached hydrogens (tertiary/aromatic N) is 1. The van der Waals surface area contributed by atoms with Crippen molar-refractivity contribution >= 4 is 23.2 Å². The molecule has 0 radical (unpaired) electrons. The fourth-order valence-electron chi connectivity index (χ4n) is 1.92. The molecule has 0 aliphatic rings. The summed E-state index contributed by atoms with van der Waals surface area (Å²) in [4.78, 5) is 27.2. The Balaban J connectivity index is 2.03. The number of carboxylic acids is 1. The normalized spacial score (nSPS) is 13.3. The number of carbonyl (C=O) groups is 2. The molecule has 1 amide bonds. The van der Waals surface area contributed by atoms with Crippen molar-refractivity contribution in [3.63, 3.8) is 0 Å². The number of hydrogen-bond acceptors (Lipinski definition) is 4. The van der Waals surface area contributed by atoms with E-state index in [0.717, 1.165) is 0 Å². The third-order valence-electron chi connectivity index (χ3n) is 3.58. The maximum atomic E-state index is 13.6. The maximum absolute atomic E-state index is 13.6. The molecule has 2 N–H and O–H groups in total. The van der Waals surface area contributed by atoms with Gasteiger partial charge in [-0.3, -0.25) is 9.59 Å². The van der Waals surface area contributed by atoms with Crippen LogP contribution in [0.1, 0.15) is 34.9 Å². The van der Waals surface area contributed by atoms with Crippen molar-refractivity contribution < 1.29 is 19.1 Å². The van der Waals surface area contributed by atoms with Gasteiger partial charge in [0.25, 0.3) is 5.91 Å². The smallest absolute Gasteiger partial charge is 0.308 e. The van der Waals surface area contributed by atoms with Gasteiger partial charge in [-0.05, 0) is 25.5 Å². The van der Waals surface area contributed by atoms with Crippen LogP contribution in [-0.2, 0) is 11.2 Å². The summed E-state index contributed by atoms with van der Waals surface area (Å²) < 4.78 is 13.6. The van der Waals surface area contributed by atoms with E-state index in [1.54, 1.807) is 30.5 Å². The minimum absolute atomic E-state index is 0.214. The monoisotopic (exact) mass is 336 g/mol. The van der Waals surface area contributed by atoms with Gasteiger partial charge < -0.3 is 10.4 Å². The Morgan fingerprint density at radius 2 is 2.04 bits per heavy atom. The van der Waals surface area contributed by atoms with E-state index in [1.165, 1.54) is 24.3 Å². The lowest BCUT2D eigenvalue weighted by Gasteiger charge is -2.16. The summed E-state index contributed by atoms with van der Waals surface area (Å²) in [6.07, 6.45) is 0.311. The van der Waals surface area contributed by atoms with Crippen molar-refractivity contribution in [2.24, 2.45) is 5.92 Å². The Hall–Kier alpha value is -2.28. The molecule has 0 saturated heterocycles. The molecule has 5 nitrogen and oxygen atoms in total. The van der Waals surface area contributed by atoms with Gasteiger partial charge >= 0.3 is 5.97 Å². The van der Waals surface area contributed by atoms with E-state index in [2.05, 4.69) is 10.3 Å². The molecule has 0 aliphatic heterocycles. The lowest BCUT2D eigenvalue weighted by molar-refractivity contribution is -0.141. The van der Waals surface area contributed by atoms with Crippen LogP contribution in [0.3, 0.4) is 0 Å². The highest BCUT2D eigenvalue weighted by atomic mass is 32.1. The molecule has 1 aromatic heterocycles. The molecule has 0 aliphatic carbocycles. The van der Waals surface area contributed by atoms with Crippen LogP contribution in [-0.4, -0.2) is 28.0 Å². The molecule has 0 spiro atoms. The van der Waals surface area contributed by atoms with Crippen molar-refractivity contribution in [2.45, 2.75) is 26.3 Å². The van der Waals surface area contributed by atoms with E-state index in [9.17, 15) is 14.0 Å². The topological polar surface area (TPSA) is 79.3 Å². The standard InChI is InChI=1S/C16H17FN2O3S/c1-9(16(21)22)10(2)18-15(20)13-8-23-14(19-13)7-11-5-3-4-6-12(11)17/h3-6,8-10H,7H2,1-2H3,(H,18,20)(H,21,22). The average Bonchev–Trinajstić information content (AvgIpc) is 2.97. The van der Waals surface area contributed by atoms with Gasteiger partial charge in [0.05, 0.1) is 10.9 Å². The zero-order valence-electron chi connectivity index (χ0n) is 12.7. The molecule has 122 valence electrons. The molecule has 1 heterocycles. The number of rotatable bonds is 6. The number of halogens is 1. The lowest BCUT2D eigenvalue weighted by Crippen LogP contribution is -2.40. The Labute approximate surface area is 137 Å². The largest absolute Gasteiger partial charge is 0.481 e. The van der Waals surface area contributed by atoms with Crippen molar-refractivity contribution in [1.82, 2.24) is 10.3 Å². The Kier molecular flexibility index (Phi) is 5.44. The van der Waals surface area contributed by atoms with E-state index < -0.39 is 23.8 Å². The van der Waals surface area contributed by atoms with Gasteiger partial charge in [-0.1, -0.05) is 18.2 Å². The Morgan fingerprint density at radius 1 is 1.35 bits per heavy atom. The molecule has 2 rings (SSSR count). The van der Waals surface area contributed by atoms with Crippen LogP contribution < -0.4 is 5.32 Å². The second kappa shape index (κ2) is 7.32. The second-order valence-electron chi connectivity index (χ2n) is 5.28. The number of thiazole rings is 1. The van der Waals surface area contributed by atoms with E-state index in [1.807, 2.05) is 0 Å². The molecule has 2 atom stereocenters. The fraction of sp³-hybridized carbons (Fsp3) is 0.312. The number of amides is 1. The van der Waals surface area contributed by atoms with Crippen molar-refractivity contribution in [1.29, 1.82) is 0 Å². The highest BCUT2D eigenvalue weighted by Crippen LogP contribution is 2.17. The SMILES string of the molecule is CC(NC(=O)c1csc(Cc2ccccc2F)n1)C(C)C(=O)O. The first-order valence-corrected chi connectivity index (χ1v) is 7.98. The highest BCUT2D eigenvalue weighted by Gasteiger charge is 2.22. The van der Waals surface area contributed by atoms with E-state index in [4.69, 9.17) is 5.11 Å². The summed E-state index contributed by atoms with van der Waals surface area (Å²) in [5, 5.41) is 13.8. The minimum atomic E-state index is -0.976. The van der Waals surface area contributed by atoms with E-state index in [0.29, 0.717) is 17.0 Å². The molecule has 0 bridgehead atoms. The minimum Gasteiger partial charge on any atom is -0.481 e. The Morgan fingerprint density at radius 3 is 2.70 bits per heavy atom. The van der Waals surface area contributed by atoms with Crippen LogP contribution in [0.2, 0.25) is 0 Å². The molecule has 2 unspecified atom stereocenters. The number of benzene rings is 1. The van der Waals surface area contributed by atoms with Crippen LogP contribution in [0.25, 0.3) is 0 Å². The predicted octanol–water partition coefficient (Wildman–Crippen LogP) is 2.71. The third-order valence-corrected chi connectivity index (χ3v) is 4.43. The van der Waals surface area contributed by atoms with Gasteiger partial charge in [0.15, 0.2) is 0 Å². The van der Waals surface area contributed by atoms with Gasteiger partial charge in [0.1, 0.15) is 11.5 Å². The van der Waals surface area contributed by atoms with Gasteiger partial charge in [-0.2, -0.15) is 0 Å². The summed E-state index contributed by atoms with van der Waals surface area (Å²) in [7, 11) is 0. The molecule has 1 aromatic carbocycles.